The second-order valence-electron chi connectivity index (χ2n) is 5.55. The van der Waals surface area contributed by atoms with E-state index in [1.165, 1.54) is 12.1 Å². The van der Waals surface area contributed by atoms with Gasteiger partial charge in [0.1, 0.15) is 5.82 Å². The van der Waals surface area contributed by atoms with E-state index in [1.807, 2.05) is 0 Å². The Labute approximate surface area is 118 Å². The van der Waals surface area contributed by atoms with Crippen molar-refractivity contribution in [2.75, 3.05) is 39.3 Å². The number of likely N-dealkylation sites (tertiary alicyclic amines) is 1. The summed E-state index contributed by atoms with van der Waals surface area (Å²) in [5, 5.41) is 12.4. The molecule has 0 aliphatic carbocycles. The molecule has 5 heteroatoms. The summed E-state index contributed by atoms with van der Waals surface area (Å²) in [6.45, 7) is 7.06. The summed E-state index contributed by atoms with van der Waals surface area (Å²) in [5.74, 6) is -0.266. The first kappa shape index (κ1) is 13.5. The van der Waals surface area contributed by atoms with E-state index in [1.54, 1.807) is 6.07 Å². The summed E-state index contributed by atoms with van der Waals surface area (Å²) in [4.78, 5) is 4.80. The molecule has 0 radical (unpaired) electrons. The van der Waals surface area contributed by atoms with Crippen molar-refractivity contribution < 1.29 is 4.39 Å². The predicted octanol–water partition coefficient (Wildman–Crippen LogP) is 0.787. The number of piperazine rings is 1. The van der Waals surface area contributed by atoms with Crippen LogP contribution in [-0.4, -0.2) is 55.1 Å². The first-order valence-electron chi connectivity index (χ1n) is 7.12. The highest BCUT2D eigenvalue weighted by Gasteiger charge is 2.32. The lowest BCUT2D eigenvalue weighted by molar-refractivity contribution is 0.0222. The minimum Gasteiger partial charge on any atom is -0.314 e. The molecule has 2 heterocycles. The van der Waals surface area contributed by atoms with Gasteiger partial charge in [-0.25, -0.2) is 4.39 Å². The molecular formula is C15H19FN4. The van der Waals surface area contributed by atoms with Gasteiger partial charge in [0.2, 0.25) is 0 Å². The van der Waals surface area contributed by atoms with E-state index in [2.05, 4.69) is 21.2 Å². The Morgan fingerprint density at radius 1 is 1.30 bits per heavy atom. The average Bonchev–Trinajstić information content (AvgIpc) is 2.43. The van der Waals surface area contributed by atoms with Crippen molar-refractivity contribution >= 4 is 0 Å². The summed E-state index contributed by atoms with van der Waals surface area (Å²) in [7, 11) is 0. The molecule has 2 fully saturated rings. The highest BCUT2D eigenvalue weighted by Crippen LogP contribution is 2.20. The standard InChI is InChI=1S/C15H19FN4/c16-14-2-1-12(8-17)13(7-14)9-19-10-15(11-19)20-5-3-18-4-6-20/h1-2,7,15,18H,3-6,9-11H2. The molecule has 4 nitrogen and oxygen atoms in total. The summed E-state index contributed by atoms with van der Waals surface area (Å²) >= 11 is 0. The summed E-state index contributed by atoms with van der Waals surface area (Å²) in [5.41, 5.74) is 1.38. The zero-order valence-electron chi connectivity index (χ0n) is 11.5. The fourth-order valence-corrected chi connectivity index (χ4v) is 2.99. The molecule has 0 spiro atoms. The Bertz CT molecular complexity index is 513. The minimum atomic E-state index is -0.266. The number of benzene rings is 1. The van der Waals surface area contributed by atoms with Crippen LogP contribution in [0, 0.1) is 17.1 Å². The highest BCUT2D eigenvalue weighted by atomic mass is 19.1. The highest BCUT2D eigenvalue weighted by molar-refractivity contribution is 5.37. The zero-order chi connectivity index (χ0) is 13.9. The van der Waals surface area contributed by atoms with Crippen LogP contribution in [0.25, 0.3) is 0 Å². The quantitative estimate of drug-likeness (QED) is 0.885. The van der Waals surface area contributed by atoms with Gasteiger partial charge in [0.05, 0.1) is 11.6 Å². The van der Waals surface area contributed by atoms with E-state index in [0.717, 1.165) is 44.8 Å². The van der Waals surface area contributed by atoms with Gasteiger partial charge in [0, 0.05) is 51.9 Å². The normalized spacial score (nSPS) is 21.4. The summed E-state index contributed by atoms with van der Waals surface area (Å²) in [6.07, 6.45) is 0. The average molecular weight is 274 g/mol. The lowest BCUT2D eigenvalue weighted by atomic mass is 10.0. The topological polar surface area (TPSA) is 42.3 Å². The van der Waals surface area contributed by atoms with E-state index in [4.69, 9.17) is 5.26 Å². The summed E-state index contributed by atoms with van der Waals surface area (Å²) in [6, 6.07) is 7.16. The van der Waals surface area contributed by atoms with Crippen LogP contribution in [0.15, 0.2) is 18.2 Å². The van der Waals surface area contributed by atoms with Crippen LogP contribution in [-0.2, 0) is 6.54 Å². The Balaban J connectivity index is 1.56. The van der Waals surface area contributed by atoms with Crippen molar-refractivity contribution in [2.24, 2.45) is 0 Å². The molecule has 1 aromatic rings. The van der Waals surface area contributed by atoms with Crippen molar-refractivity contribution in [3.63, 3.8) is 0 Å². The first-order valence-corrected chi connectivity index (χ1v) is 7.12. The number of nitrogens with one attached hydrogen (secondary N) is 1. The van der Waals surface area contributed by atoms with Crippen LogP contribution in [0.1, 0.15) is 11.1 Å². The van der Waals surface area contributed by atoms with E-state index < -0.39 is 0 Å². The Hall–Kier alpha value is -1.48. The Morgan fingerprint density at radius 2 is 2.05 bits per heavy atom. The molecule has 2 aliphatic rings. The van der Waals surface area contributed by atoms with E-state index in [0.29, 0.717) is 18.2 Å². The third-order valence-electron chi connectivity index (χ3n) is 4.19. The van der Waals surface area contributed by atoms with Gasteiger partial charge in [-0.3, -0.25) is 9.80 Å². The van der Waals surface area contributed by atoms with E-state index in [9.17, 15) is 4.39 Å². The molecule has 20 heavy (non-hydrogen) atoms. The lowest BCUT2D eigenvalue weighted by Gasteiger charge is -2.47. The van der Waals surface area contributed by atoms with Crippen molar-refractivity contribution in [2.45, 2.75) is 12.6 Å². The van der Waals surface area contributed by atoms with Gasteiger partial charge in [-0.2, -0.15) is 5.26 Å². The van der Waals surface area contributed by atoms with Crippen LogP contribution in [0.3, 0.4) is 0 Å². The van der Waals surface area contributed by atoms with Gasteiger partial charge in [-0.1, -0.05) is 0 Å². The second-order valence-corrected chi connectivity index (χ2v) is 5.55. The fraction of sp³-hybridized carbons (Fsp3) is 0.533. The van der Waals surface area contributed by atoms with Gasteiger partial charge >= 0.3 is 0 Å². The molecule has 1 aromatic carbocycles. The molecule has 0 aromatic heterocycles. The minimum absolute atomic E-state index is 0.266. The first-order chi connectivity index (χ1) is 9.76. The van der Waals surface area contributed by atoms with Gasteiger partial charge in [0.15, 0.2) is 0 Å². The zero-order valence-corrected chi connectivity index (χ0v) is 11.5. The Morgan fingerprint density at radius 3 is 2.75 bits per heavy atom. The number of nitrogens with zero attached hydrogens (tertiary/aromatic N) is 3. The molecule has 0 amide bonds. The smallest absolute Gasteiger partial charge is 0.123 e. The van der Waals surface area contributed by atoms with Gasteiger partial charge in [-0.05, 0) is 23.8 Å². The molecule has 2 aliphatic heterocycles. The molecule has 0 saturated carbocycles. The molecular weight excluding hydrogens is 255 g/mol. The van der Waals surface area contributed by atoms with Crippen LogP contribution in [0.5, 0.6) is 0 Å². The molecule has 0 atom stereocenters. The molecule has 3 rings (SSSR count). The maximum atomic E-state index is 13.3. The molecule has 1 N–H and O–H groups in total. The number of nitriles is 1. The maximum absolute atomic E-state index is 13.3. The van der Waals surface area contributed by atoms with Crippen molar-refractivity contribution in [3.05, 3.63) is 35.1 Å². The van der Waals surface area contributed by atoms with Crippen LogP contribution >= 0.6 is 0 Å². The van der Waals surface area contributed by atoms with E-state index in [-0.39, 0.29) is 5.82 Å². The number of rotatable bonds is 3. The third kappa shape index (κ3) is 2.83. The number of halogens is 1. The number of hydrogen-bond donors (Lipinski definition) is 1. The lowest BCUT2D eigenvalue weighted by Crippen LogP contribution is -2.62. The predicted molar refractivity (Wildman–Crippen MR) is 74.6 cm³/mol. The van der Waals surface area contributed by atoms with Crippen molar-refractivity contribution in [1.82, 2.24) is 15.1 Å². The van der Waals surface area contributed by atoms with Gasteiger partial charge < -0.3 is 5.32 Å². The Kier molecular flexibility index (Phi) is 3.97. The molecule has 106 valence electrons. The molecule has 2 saturated heterocycles. The second kappa shape index (κ2) is 5.88. The fourth-order valence-electron chi connectivity index (χ4n) is 2.99. The monoisotopic (exact) mass is 274 g/mol. The number of hydrogen-bond acceptors (Lipinski definition) is 4. The molecule has 0 bridgehead atoms. The third-order valence-corrected chi connectivity index (χ3v) is 4.19. The molecule has 0 unspecified atom stereocenters. The van der Waals surface area contributed by atoms with E-state index >= 15 is 0 Å². The van der Waals surface area contributed by atoms with Crippen LogP contribution in [0.4, 0.5) is 4.39 Å². The van der Waals surface area contributed by atoms with Crippen molar-refractivity contribution in [3.8, 4) is 6.07 Å². The van der Waals surface area contributed by atoms with Gasteiger partial charge in [-0.15, -0.1) is 0 Å². The van der Waals surface area contributed by atoms with Crippen LogP contribution < -0.4 is 5.32 Å². The summed E-state index contributed by atoms with van der Waals surface area (Å²) < 4.78 is 13.3. The van der Waals surface area contributed by atoms with Crippen LogP contribution in [0.2, 0.25) is 0 Å². The van der Waals surface area contributed by atoms with Crippen molar-refractivity contribution in [1.29, 1.82) is 5.26 Å². The largest absolute Gasteiger partial charge is 0.314 e. The maximum Gasteiger partial charge on any atom is 0.123 e. The SMILES string of the molecule is N#Cc1ccc(F)cc1CN1CC(N2CCNCC2)C1. The van der Waals surface area contributed by atoms with Gasteiger partial charge in [0.25, 0.3) is 0 Å².